The fourth-order valence-electron chi connectivity index (χ4n) is 1.93. The summed E-state index contributed by atoms with van der Waals surface area (Å²) in [6.45, 7) is 4.95. The number of hydrogen-bond acceptors (Lipinski definition) is 3. The number of carbonyl (C=O) groups is 1. The van der Waals surface area contributed by atoms with Crippen LogP contribution in [0.1, 0.15) is 43.9 Å². The molecule has 0 aromatic heterocycles. The Morgan fingerprint density at radius 1 is 1.28 bits per heavy atom. The number of ether oxygens (including phenoxy) is 1. The van der Waals surface area contributed by atoms with Crippen LogP contribution < -0.4 is 5.32 Å². The smallest absolute Gasteiger partial charge is 0.306 e. The molecule has 0 fully saturated rings. The minimum Gasteiger partial charge on any atom is -0.469 e. The first-order valence-electron chi connectivity index (χ1n) is 6.60. The molecule has 1 unspecified atom stereocenters. The maximum absolute atomic E-state index is 11.0. The molecule has 0 aliphatic rings. The second-order valence-electron chi connectivity index (χ2n) is 4.34. The maximum Gasteiger partial charge on any atom is 0.306 e. The lowest BCUT2D eigenvalue weighted by Crippen LogP contribution is -2.24. The number of methoxy groups -OCH3 is 1. The van der Waals surface area contributed by atoms with Gasteiger partial charge < -0.3 is 10.1 Å². The van der Waals surface area contributed by atoms with Gasteiger partial charge in [-0.3, -0.25) is 4.79 Å². The van der Waals surface area contributed by atoms with E-state index in [4.69, 9.17) is 0 Å². The van der Waals surface area contributed by atoms with Crippen molar-refractivity contribution in [2.45, 2.75) is 39.2 Å². The van der Waals surface area contributed by atoms with E-state index in [9.17, 15) is 4.79 Å². The van der Waals surface area contributed by atoms with E-state index in [1.807, 2.05) is 0 Å². The summed E-state index contributed by atoms with van der Waals surface area (Å²) in [5, 5.41) is 3.39. The quantitative estimate of drug-likeness (QED) is 0.755. The van der Waals surface area contributed by atoms with Crippen LogP contribution >= 0.6 is 0 Å². The lowest BCUT2D eigenvalue weighted by Gasteiger charge is -2.17. The van der Waals surface area contributed by atoms with Crippen molar-refractivity contribution < 1.29 is 9.53 Å². The molecular weight excluding hydrogens is 226 g/mol. The fraction of sp³-hybridized carbons (Fsp3) is 0.533. The number of esters is 1. The summed E-state index contributed by atoms with van der Waals surface area (Å²) in [6.07, 6.45) is 2.49. The highest BCUT2D eigenvalue weighted by Crippen LogP contribution is 2.17. The SMILES string of the molecule is CCc1ccc(C(CC)NCCC(=O)OC)cc1. The molecule has 3 nitrogen and oxygen atoms in total. The number of benzene rings is 1. The lowest BCUT2D eigenvalue weighted by atomic mass is 10.0. The number of rotatable bonds is 7. The third kappa shape index (κ3) is 4.49. The molecule has 0 saturated heterocycles. The van der Waals surface area contributed by atoms with Gasteiger partial charge in [0.25, 0.3) is 0 Å². The summed E-state index contributed by atoms with van der Waals surface area (Å²) in [6, 6.07) is 8.97. The molecule has 100 valence electrons. The van der Waals surface area contributed by atoms with Crippen molar-refractivity contribution in [3.63, 3.8) is 0 Å². The molecule has 3 heteroatoms. The van der Waals surface area contributed by atoms with Crippen LogP contribution in [0.25, 0.3) is 0 Å². The molecule has 1 atom stereocenters. The highest BCUT2D eigenvalue weighted by Gasteiger charge is 2.09. The Balaban J connectivity index is 2.51. The zero-order chi connectivity index (χ0) is 13.4. The molecule has 0 heterocycles. The van der Waals surface area contributed by atoms with E-state index in [1.165, 1.54) is 18.2 Å². The first-order chi connectivity index (χ1) is 8.71. The monoisotopic (exact) mass is 249 g/mol. The van der Waals surface area contributed by atoms with Gasteiger partial charge in [0.05, 0.1) is 13.5 Å². The van der Waals surface area contributed by atoms with Crippen molar-refractivity contribution >= 4 is 5.97 Å². The van der Waals surface area contributed by atoms with Crippen molar-refractivity contribution in [2.24, 2.45) is 0 Å². The highest BCUT2D eigenvalue weighted by atomic mass is 16.5. The van der Waals surface area contributed by atoms with Crippen LogP contribution in [-0.2, 0) is 16.0 Å². The predicted molar refractivity (Wildman–Crippen MR) is 73.5 cm³/mol. The Kier molecular flexibility index (Phi) is 6.44. The number of aryl methyl sites for hydroxylation is 1. The van der Waals surface area contributed by atoms with Crippen LogP contribution in [-0.4, -0.2) is 19.6 Å². The van der Waals surface area contributed by atoms with Crippen LogP contribution in [0.4, 0.5) is 0 Å². The summed E-state index contributed by atoms with van der Waals surface area (Å²) in [7, 11) is 1.42. The summed E-state index contributed by atoms with van der Waals surface area (Å²) in [4.78, 5) is 11.0. The zero-order valence-corrected chi connectivity index (χ0v) is 11.5. The first kappa shape index (κ1) is 14.7. The maximum atomic E-state index is 11.0. The van der Waals surface area contributed by atoms with E-state index < -0.39 is 0 Å². The standard InChI is InChI=1S/C15H23NO2/c1-4-12-6-8-13(9-7-12)14(5-2)16-11-10-15(17)18-3/h6-9,14,16H,4-5,10-11H2,1-3H3. The van der Waals surface area contributed by atoms with Gasteiger partial charge in [-0.1, -0.05) is 38.1 Å². The second kappa shape index (κ2) is 7.88. The van der Waals surface area contributed by atoms with Crippen LogP contribution in [0.3, 0.4) is 0 Å². The molecular formula is C15H23NO2. The van der Waals surface area contributed by atoms with Gasteiger partial charge in [0.15, 0.2) is 0 Å². The molecule has 18 heavy (non-hydrogen) atoms. The van der Waals surface area contributed by atoms with E-state index in [2.05, 4.69) is 48.2 Å². The summed E-state index contributed by atoms with van der Waals surface area (Å²) >= 11 is 0. The normalized spacial score (nSPS) is 12.2. The largest absolute Gasteiger partial charge is 0.469 e. The van der Waals surface area contributed by atoms with Crippen molar-refractivity contribution in [3.8, 4) is 0 Å². The molecule has 0 aliphatic carbocycles. The van der Waals surface area contributed by atoms with Crippen molar-refractivity contribution in [1.82, 2.24) is 5.32 Å². The molecule has 0 bridgehead atoms. The fourth-order valence-corrected chi connectivity index (χ4v) is 1.93. The van der Waals surface area contributed by atoms with Gasteiger partial charge in [-0.05, 0) is 24.0 Å². The molecule has 0 aliphatic heterocycles. The van der Waals surface area contributed by atoms with Crippen molar-refractivity contribution in [1.29, 1.82) is 0 Å². The van der Waals surface area contributed by atoms with Crippen molar-refractivity contribution in [3.05, 3.63) is 35.4 Å². The third-order valence-electron chi connectivity index (χ3n) is 3.15. The van der Waals surface area contributed by atoms with E-state index in [0.717, 1.165) is 12.8 Å². The van der Waals surface area contributed by atoms with Crippen LogP contribution in [0.2, 0.25) is 0 Å². The minimum absolute atomic E-state index is 0.168. The number of carbonyl (C=O) groups excluding carboxylic acids is 1. The average molecular weight is 249 g/mol. The minimum atomic E-state index is -0.168. The Labute approximate surface area is 110 Å². The molecule has 0 saturated carbocycles. The summed E-state index contributed by atoms with van der Waals surface area (Å²) in [5.41, 5.74) is 2.63. The molecule has 1 aromatic carbocycles. The van der Waals surface area contributed by atoms with Gasteiger partial charge in [-0.2, -0.15) is 0 Å². The van der Waals surface area contributed by atoms with Gasteiger partial charge in [0.1, 0.15) is 0 Å². The Hall–Kier alpha value is -1.35. The number of nitrogens with one attached hydrogen (secondary N) is 1. The average Bonchev–Trinajstić information content (AvgIpc) is 2.43. The predicted octanol–water partition coefficient (Wildman–Crippen LogP) is 2.85. The molecule has 0 amide bonds. The van der Waals surface area contributed by atoms with Gasteiger partial charge in [0.2, 0.25) is 0 Å². The molecule has 1 N–H and O–H groups in total. The van der Waals surface area contributed by atoms with E-state index >= 15 is 0 Å². The van der Waals surface area contributed by atoms with Gasteiger partial charge >= 0.3 is 5.97 Å². The Morgan fingerprint density at radius 3 is 2.44 bits per heavy atom. The molecule has 1 aromatic rings. The molecule has 0 radical (unpaired) electrons. The van der Waals surface area contributed by atoms with E-state index in [1.54, 1.807) is 0 Å². The zero-order valence-electron chi connectivity index (χ0n) is 11.5. The molecule has 0 spiro atoms. The molecule has 1 rings (SSSR count). The van der Waals surface area contributed by atoms with Crippen molar-refractivity contribution in [2.75, 3.05) is 13.7 Å². The first-order valence-corrected chi connectivity index (χ1v) is 6.60. The van der Waals surface area contributed by atoms with Gasteiger partial charge in [-0.25, -0.2) is 0 Å². The van der Waals surface area contributed by atoms with Crippen LogP contribution in [0.5, 0.6) is 0 Å². The van der Waals surface area contributed by atoms with Crippen LogP contribution in [0, 0.1) is 0 Å². The van der Waals surface area contributed by atoms with Gasteiger partial charge in [-0.15, -0.1) is 0 Å². The van der Waals surface area contributed by atoms with E-state index in [0.29, 0.717) is 19.0 Å². The Morgan fingerprint density at radius 2 is 1.94 bits per heavy atom. The summed E-state index contributed by atoms with van der Waals surface area (Å²) < 4.78 is 4.62. The Bertz CT molecular complexity index is 359. The second-order valence-corrected chi connectivity index (χ2v) is 4.34. The lowest BCUT2D eigenvalue weighted by molar-refractivity contribution is -0.140. The van der Waals surface area contributed by atoms with Gasteiger partial charge in [0, 0.05) is 12.6 Å². The van der Waals surface area contributed by atoms with E-state index in [-0.39, 0.29) is 5.97 Å². The topological polar surface area (TPSA) is 38.3 Å². The van der Waals surface area contributed by atoms with Crippen LogP contribution in [0.15, 0.2) is 24.3 Å². The number of hydrogen-bond donors (Lipinski definition) is 1. The highest BCUT2D eigenvalue weighted by molar-refractivity contribution is 5.69. The third-order valence-corrected chi connectivity index (χ3v) is 3.15. The summed E-state index contributed by atoms with van der Waals surface area (Å²) in [5.74, 6) is -0.168.